The molecule has 112 valence electrons. The number of rotatable bonds is 8. The lowest BCUT2D eigenvalue weighted by Crippen LogP contribution is -2.49. The van der Waals surface area contributed by atoms with Crippen LogP contribution in [0.3, 0.4) is 0 Å². The van der Waals surface area contributed by atoms with E-state index in [9.17, 15) is 0 Å². The standard InChI is InChI=1S/C17H27NO2/c1-4-14-11-17(12-14,13-18-8-9-19-2)15-6-5-7-16(10-15)20-3/h5-7,10,14,18H,4,8-9,11-13H2,1-3H3. The third-order valence-corrected chi connectivity index (χ3v) is 4.56. The maximum Gasteiger partial charge on any atom is 0.119 e. The molecule has 1 N–H and O–H groups in total. The maximum atomic E-state index is 5.37. The van der Waals surface area contributed by atoms with Gasteiger partial charge in [0.05, 0.1) is 13.7 Å². The minimum atomic E-state index is 0.281. The second kappa shape index (κ2) is 7.09. The Balaban J connectivity index is 2.06. The zero-order chi connectivity index (χ0) is 14.4. The van der Waals surface area contributed by atoms with E-state index in [0.717, 1.165) is 31.4 Å². The van der Waals surface area contributed by atoms with Gasteiger partial charge in [-0.05, 0) is 36.5 Å². The maximum absolute atomic E-state index is 5.37. The molecule has 0 saturated heterocycles. The van der Waals surface area contributed by atoms with Gasteiger partial charge < -0.3 is 14.8 Å². The summed E-state index contributed by atoms with van der Waals surface area (Å²) in [5.41, 5.74) is 1.69. The van der Waals surface area contributed by atoms with Crippen molar-refractivity contribution in [3.8, 4) is 5.75 Å². The first-order valence-electron chi connectivity index (χ1n) is 7.58. The van der Waals surface area contributed by atoms with Crippen molar-refractivity contribution in [3.63, 3.8) is 0 Å². The quantitative estimate of drug-likeness (QED) is 0.741. The van der Waals surface area contributed by atoms with E-state index in [-0.39, 0.29) is 5.41 Å². The van der Waals surface area contributed by atoms with Gasteiger partial charge in [-0.1, -0.05) is 25.5 Å². The minimum absolute atomic E-state index is 0.281. The van der Waals surface area contributed by atoms with E-state index in [1.54, 1.807) is 14.2 Å². The van der Waals surface area contributed by atoms with E-state index < -0.39 is 0 Å². The largest absolute Gasteiger partial charge is 0.497 e. The SMILES string of the molecule is CCC1CC(CNCCOC)(c2cccc(OC)c2)C1. The third kappa shape index (κ3) is 3.33. The highest BCUT2D eigenvalue weighted by molar-refractivity contribution is 5.36. The summed E-state index contributed by atoms with van der Waals surface area (Å²) in [5.74, 6) is 1.82. The van der Waals surface area contributed by atoms with Crippen LogP contribution >= 0.6 is 0 Å². The van der Waals surface area contributed by atoms with Gasteiger partial charge in [0.2, 0.25) is 0 Å². The Morgan fingerprint density at radius 2 is 2.10 bits per heavy atom. The van der Waals surface area contributed by atoms with Gasteiger partial charge in [0.15, 0.2) is 0 Å². The molecule has 1 fully saturated rings. The van der Waals surface area contributed by atoms with E-state index in [1.165, 1.54) is 24.8 Å². The number of methoxy groups -OCH3 is 2. The van der Waals surface area contributed by atoms with Gasteiger partial charge in [-0.2, -0.15) is 0 Å². The van der Waals surface area contributed by atoms with Crippen LogP contribution < -0.4 is 10.1 Å². The fourth-order valence-electron chi connectivity index (χ4n) is 3.27. The molecule has 0 spiro atoms. The van der Waals surface area contributed by atoms with E-state index in [1.807, 2.05) is 6.07 Å². The molecule has 1 saturated carbocycles. The molecule has 2 rings (SSSR count). The van der Waals surface area contributed by atoms with Crippen molar-refractivity contribution in [2.75, 3.05) is 33.9 Å². The number of benzene rings is 1. The van der Waals surface area contributed by atoms with Crippen LogP contribution in [0.5, 0.6) is 5.75 Å². The van der Waals surface area contributed by atoms with Gasteiger partial charge in [-0.3, -0.25) is 0 Å². The molecule has 1 aromatic carbocycles. The van der Waals surface area contributed by atoms with Crippen molar-refractivity contribution in [1.82, 2.24) is 5.32 Å². The van der Waals surface area contributed by atoms with Crippen molar-refractivity contribution in [1.29, 1.82) is 0 Å². The molecule has 3 heteroatoms. The fraction of sp³-hybridized carbons (Fsp3) is 0.647. The molecular weight excluding hydrogens is 250 g/mol. The molecular formula is C17H27NO2. The first kappa shape index (κ1) is 15.3. The van der Waals surface area contributed by atoms with Crippen LogP contribution in [0.4, 0.5) is 0 Å². The highest BCUT2D eigenvalue weighted by atomic mass is 16.5. The van der Waals surface area contributed by atoms with Gasteiger partial charge in [-0.25, -0.2) is 0 Å². The third-order valence-electron chi connectivity index (χ3n) is 4.56. The molecule has 20 heavy (non-hydrogen) atoms. The molecule has 1 aliphatic rings. The predicted molar refractivity (Wildman–Crippen MR) is 82.4 cm³/mol. The van der Waals surface area contributed by atoms with Gasteiger partial charge >= 0.3 is 0 Å². The molecule has 0 unspecified atom stereocenters. The minimum Gasteiger partial charge on any atom is -0.497 e. The van der Waals surface area contributed by atoms with E-state index in [0.29, 0.717) is 0 Å². The molecule has 0 radical (unpaired) electrons. The second-order valence-corrected chi connectivity index (χ2v) is 5.86. The first-order valence-corrected chi connectivity index (χ1v) is 7.58. The zero-order valence-corrected chi connectivity index (χ0v) is 12.9. The summed E-state index contributed by atoms with van der Waals surface area (Å²) in [6.07, 6.45) is 3.83. The average molecular weight is 277 g/mol. The lowest BCUT2D eigenvalue weighted by molar-refractivity contribution is 0.128. The van der Waals surface area contributed by atoms with Crippen molar-refractivity contribution in [2.24, 2.45) is 5.92 Å². The summed E-state index contributed by atoms with van der Waals surface area (Å²) < 4.78 is 10.5. The highest BCUT2D eigenvalue weighted by Crippen LogP contribution is 2.49. The number of nitrogens with one attached hydrogen (secondary N) is 1. The summed E-state index contributed by atoms with van der Waals surface area (Å²) in [6, 6.07) is 8.56. The molecule has 0 aliphatic heterocycles. The van der Waals surface area contributed by atoms with Gasteiger partial charge in [-0.15, -0.1) is 0 Å². The molecule has 0 bridgehead atoms. The Kier molecular flexibility index (Phi) is 5.44. The van der Waals surface area contributed by atoms with E-state index in [4.69, 9.17) is 9.47 Å². The second-order valence-electron chi connectivity index (χ2n) is 5.86. The van der Waals surface area contributed by atoms with Crippen LogP contribution in [0.1, 0.15) is 31.7 Å². The Bertz CT molecular complexity index is 413. The first-order chi connectivity index (χ1) is 9.74. The summed E-state index contributed by atoms with van der Waals surface area (Å²) in [7, 11) is 3.48. The zero-order valence-electron chi connectivity index (χ0n) is 12.9. The lowest BCUT2D eigenvalue weighted by Gasteiger charge is -2.48. The molecule has 1 aliphatic carbocycles. The molecule has 0 atom stereocenters. The predicted octanol–water partition coefficient (Wildman–Crippen LogP) is 2.99. The van der Waals surface area contributed by atoms with Crippen molar-refractivity contribution < 1.29 is 9.47 Å². The normalized spacial score (nSPS) is 25.2. The number of hydrogen-bond donors (Lipinski definition) is 1. The summed E-state index contributed by atoms with van der Waals surface area (Å²) in [4.78, 5) is 0. The molecule has 0 amide bonds. The van der Waals surface area contributed by atoms with Crippen molar-refractivity contribution in [2.45, 2.75) is 31.6 Å². The van der Waals surface area contributed by atoms with Crippen LogP contribution in [0, 0.1) is 5.92 Å². The van der Waals surface area contributed by atoms with Crippen LogP contribution in [0.15, 0.2) is 24.3 Å². The highest BCUT2D eigenvalue weighted by Gasteiger charge is 2.44. The summed E-state index contributed by atoms with van der Waals surface area (Å²) in [5, 5.41) is 3.54. The van der Waals surface area contributed by atoms with Crippen LogP contribution in [-0.2, 0) is 10.2 Å². The Labute approximate surface area is 122 Å². The monoisotopic (exact) mass is 277 g/mol. The molecule has 1 aromatic rings. The number of hydrogen-bond acceptors (Lipinski definition) is 3. The summed E-state index contributed by atoms with van der Waals surface area (Å²) in [6.45, 7) is 5.00. The van der Waals surface area contributed by atoms with Crippen LogP contribution in [0.2, 0.25) is 0 Å². The van der Waals surface area contributed by atoms with Crippen molar-refractivity contribution in [3.05, 3.63) is 29.8 Å². The molecule has 0 heterocycles. The topological polar surface area (TPSA) is 30.5 Å². The van der Waals surface area contributed by atoms with E-state index in [2.05, 4.69) is 30.4 Å². The smallest absolute Gasteiger partial charge is 0.119 e. The number of ether oxygens (including phenoxy) is 2. The van der Waals surface area contributed by atoms with E-state index >= 15 is 0 Å². The Morgan fingerprint density at radius 3 is 2.75 bits per heavy atom. The Morgan fingerprint density at radius 1 is 1.30 bits per heavy atom. The van der Waals surface area contributed by atoms with Crippen LogP contribution in [-0.4, -0.2) is 33.9 Å². The van der Waals surface area contributed by atoms with Gasteiger partial charge in [0, 0.05) is 25.6 Å². The molecule has 0 aromatic heterocycles. The van der Waals surface area contributed by atoms with Crippen LogP contribution in [0.25, 0.3) is 0 Å². The molecule has 3 nitrogen and oxygen atoms in total. The summed E-state index contributed by atoms with van der Waals surface area (Å²) >= 11 is 0. The van der Waals surface area contributed by atoms with Gasteiger partial charge in [0.1, 0.15) is 5.75 Å². The fourth-order valence-corrected chi connectivity index (χ4v) is 3.27. The Hall–Kier alpha value is -1.06. The van der Waals surface area contributed by atoms with Crippen molar-refractivity contribution >= 4 is 0 Å². The average Bonchev–Trinajstić information content (AvgIpc) is 2.45. The van der Waals surface area contributed by atoms with Gasteiger partial charge in [0.25, 0.3) is 0 Å². The lowest BCUT2D eigenvalue weighted by atomic mass is 9.58.